The van der Waals surface area contributed by atoms with Crippen LogP contribution in [0.3, 0.4) is 0 Å². The van der Waals surface area contributed by atoms with E-state index >= 15 is 0 Å². The lowest BCUT2D eigenvalue weighted by Gasteiger charge is -2.26. The molecule has 0 atom stereocenters. The molecule has 1 saturated heterocycles. The van der Waals surface area contributed by atoms with Crippen LogP contribution in [0.4, 0.5) is 0 Å². The number of pyridine rings is 1. The highest BCUT2D eigenvalue weighted by atomic mass is 32.1. The van der Waals surface area contributed by atoms with Crippen LogP contribution < -0.4 is 0 Å². The molecule has 30 heteroatoms. The summed E-state index contributed by atoms with van der Waals surface area (Å²) in [5.74, 6) is 0. The standard InChI is InChI=1S/C21H22N10O.C18H17N7OS.C16H15N9S/c1-28-13-16(8-24-28)18-10-23-20-21(25-18)31(27-26-20)12-15-2-3-19-22-9-17(30(19)11-15)14-29-4-6-32-7-5-29;1-26-6-5-24-10-13(8-20-24)15-9-19-17-18(21-15)25(23-22-17)11-14-7-12-3-2-4-16(12)27-14;1-3-24-9-14-12(21-24)4-11(26-14)8-25-16-15(20-22-25)17-6-13(19-16)10-5-18-23(2)7-10/h2-3,8-11,13H,4-7,12,14H2,1H3;2,4,7-10H,3,5-6,11H2,1H3;4-7,9H,3,8H2,1-2H3. The molecule has 1 aliphatic carbocycles. The smallest absolute Gasteiger partial charge is 0.221 e. The maximum absolute atomic E-state index is 5.46. The van der Waals surface area contributed by atoms with Gasteiger partial charge in [-0.1, -0.05) is 27.8 Å². The van der Waals surface area contributed by atoms with Gasteiger partial charge in [0.15, 0.2) is 16.9 Å². The monoisotopic (exact) mass is 1170 g/mol. The van der Waals surface area contributed by atoms with E-state index in [1.54, 1.807) is 85.7 Å². The lowest BCUT2D eigenvalue weighted by molar-refractivity contribution is 0.0335. The Kier molecular flexibility index (Phi) is 14.5. The van der Waals surface area contributed by atoms with Gasteiger partial charge in [0.2, 0.25) is 16.9 Å². The summed E-state index contributed by atoms with van der Waals surface area (Å²) in [7, 11) is 5.43. The molecule has 0 bridgehead atoms. The van der Waals surface area contributed by atoms with Crippen LogP contribution >= 0.6 is 22.7 Å². The highest BCUT2D eigenvalue weighted by Gasteiger charge is 2.19. The second-order valence-corrected chi connectivity index (χ2v) is 22.6. The first-order valence-electron chi connectivity index (χ1n) is 27.4. The molecule has 2 aliphatic rings. The number of nitrogens with zero attached hydrogens (tertiary/aromatic N) is 26. The summed E-state index contributed by atoms with van der Waals surface area (Å²) >= 11 is 3.50. The van der Waals surface area contributed by atoms with Gasteiger partial charge in [0.25, 0.3) is 0 Å². The Morgan fingerprint density at radius 2 is 1.22 bits per heavy atom. The lowest BCUT2D eigenvalue weighted by atomic mass is 10.2. The Hall–Kier alpha value is -9.75. The number of ether oxygens (including phenoxy) is 2. The number of methoxy groups -OCH3 is 1. The fraction of sp³-hybridized carbons (Fsp3) is 0.291. The van der Waals surface area contributed by atoms with Crippen LogP contribution in [0.1, 0.15) is 38.4 Å². The van der Waals surface area contributed by atoms with Crippen LogP contribution in [0.5, 0.6) is 0 Å². The van der Waals surface area contributed by atoms with E-state index in [1.165, 1.54) is 20.0 Å². The predicted octanol–water partition coefficient (Wildman–Crippen LogP) is 5.66. The minimum Gasteiger partial charge on any atom is -0.383 e. The number of fused-ring (bicyclic) bond motifs is 6. The molecule has 1 aliphatic heterocycles. The van der Waals surface area contributed by atoms with E-state index in [1.807, 2.05) is 59.0 Å². The van der Waals surface area contributed by atoms with Crippen molar-refractivity contribution in [3.8, 4) is 33.8 Å². The normalized spacial score (nSPS) is 13.4. The van der Waals surface area contributed by atoms with E-state index in [0.29, 0.717) is 66.7 Å². The number of hydrogen-bond acceptors (Lipinski definition) is 22. The molecule has 15 heterocycles. The highest BCUT2D eigenvalue weighted by molar-refractivity contribution is 7.19. The fourth-order valence-corrected chi connectivity index (χ4v) is 12.1. The van der Waals surface area contributed by atoms with E-state index in [-0.39, 0.29) is 0 Å². The molecule has 1 fully saturated rings. The molecule has 14 aromatic rings. The summed E-state index contributed by atoms with van der Waals surface area (Å²) in [6.07, 6.45) is 27.7. The third-order valence-electron chi connectivity index (χ3n) is 14.3. The van der Waals surface area contributed by atoms with Gasteiger partial charge in [0, 0.05) is 110 Å². The summed E-state index contributed by atoms with van der Waals surface area (Å²) in [5.41, 5.74) is 14.1. The number of morpholine rings is 1. The molecule has 0 amide bonds. The molecule has 14 aromatic heterocycles. The number of allylic oxidation sites excluding steroid dienone is 1. The molecule has 0 unspecified atom stereocenters. The summed E-state index contributed by atoms with van der Waals surface area (Å²) in [6.45, 7) is 10.3. The SMILES string of the molecule is CCn1cc2sc(Cn3nnc4ncc(-c5cnn(C)c5)nc43)cc2n1.COCCn1cc(-c2cnc3nnn(Cc4cc5c(s4)C=CC5)c3n2)cn1.Cn1cc(-c2cnc3nnn(Cc4ccc5ncc(CN6CCOCC6)n5c4)c3n2)cn1. The van der Waals surface area contributed by atoms with Crippen LogP contribution in [0.15, 0.2) is 105 Å². The number of imidazole rings is 1. The first kappa shape index (κ1) is 53.3. The average Bonchev–Trinajstić information content (AvgIpc) is 4.53. The fourth-order valence-electron chi connectivity index (χ4n) is 9.99. The first-order chi connectivity index (χ1) is 41.7. The molecule has 0 radical (unpaired) electrons. The Bertz CT molecular complexity index is 4660. The topological polar surface area (TPSA) is 280 Å². The van der Waals surface area contributed by atoms with Crippen molar-refractivity contribution in [3.63, 3.8) is 0 Å². The van der Waals surface area contributed by atoms with E-state index in [4.69, 9.17) is 24.4 Å². The average molecular weight is 1180 g/mol. The summed E-state index contributed by atoms with van der Waals surface area (Å²) < 4.78 is 26.5. The van der Waals surface area contributed by atoms with Crippen molar-refractivity contribution in [2.24, 2.45) is 14.1 Å². The van der Waals surface area contributed by atoms with Gasteiger partial charge in [-0.05, 0) is 48.7 Å². The molecule has 428 valence electrons. The van der Waals surface area contributed by atoms with Crippen molar-refractivity contribution >= 4 is 78.5 Å². The summed E-state index contributed by atoms with van der Waals surface area (Å²) in [6, 6.07) is 8.43. The maximum Gasteiger partial charge on any atom is 0.221 e. The molecule has 16 rings (SSSR count). The summed E-state index contributed by atoms with van der Waals surface area (Å²) in [5, 5.41) is 42.5. The van der Waals surface area contributed by atoms with Crippen LogP contribution in [-0.2, 0) is 69.3 Å². The van der Waals surface area contributed by atoms with Crippen molar-refractivity contribution in [2.45, 2.75) is 52.6 Å². The number of thiophene rings is 2. The van der Waals surface area contributed by atoms with Gasteiger partial charge in [0.05, 0.1) is 117 Å². The van der Waals surface area contributed by atoms with Gasteiger partial charge >= 0.3 is 0 Å². The Balaban J connectivity index is 0.000000114. The molecular weight excluding hydrogens is 1120 g/mol. The van der Waals surface area contributed by atoms with Crippen molar-refractivity contribution in [2.75, 3.05) is 40.0 Å². The van der Waals surface area contributed by atoms with Gasteiger partial charge < -0.3 is 13.9 Å². The van der Waals surface area contributed by atoms with Crippen molar-refractivity contribution in [3.05, 3.63) is 136 Å². The van der Waals surface area contributed by atoms with Crippen molar-refractivity contribution < 1.29 is 9.47 Å². The van der Waals surface area contributed by atoms with Crippen LogP contribution in [0, 0.1) is 0 Å². The number of rotatable bonds is 15. The lowest BCUT2D eigenvalue weighted by Crippen LogP contribution is -2.35. The predicted molar refractivity (Wildman–Crippen MR) is 316 cm³/mol. The third-order valence-corrected chi connectivity index (χ3v) is 16.5. The zero-order valence-corrected chi connectivity index (χ0v) is 48.3. The first-order valence-corrected chi connectivity index (χ1v) is 29.0. The number of aryl methyl sites for hydroxylation is 3. The second kappa shape index (κ2) is 23.1. The van der Waals surface area contributed by atoms with Crippen LogP contribution in [-0.4, -0.2) is 168 Å². The van der Waals surface area contributed by atoms with Crippen molar-refractivity contribution in [1.82, 2.24) is 128 Å². The molecule has 0 spiro atoms. The largest absolute Gasteiger partial charge is 0.383 e. The van der Waals surface area contributed by atoms with E-state index in [2.05, 4.69) is 130 Å². The Morgan fingerprint density at radius 1 is 0.612 bits per heavy atom. The molecular formula is C55H54N26O2S2. The molecule has 0 saturated carbocycles. The van der Waals surface area contributed by atoms with E-state index in [9.17, 15) is 0 Å². The zero-order chi connectivity index (χ0) is 57.4. The minimum absolute atomic E-state index is 0.523. The third kappa shape index (κ3) is 11.3. The highest BCUT2D eigenvalue weighted by Crippen LogP contribution is 2.31. The number of hydrogen-bond donors (Lipinski definition) is 0. The van der Waals surface area contributed by atoms with Gasteiger partial charge in [0.1, 0.15) is 11.2 Å². The van der Waals surface area contributed by atoms with Crippen LogP contribution in [0.2, 0.25) is 0 Å². The maximum atomic E-state index is 5.46. The van der Waals surface area contributed by atoms with E-state index < -0.39 is 0 Å². The van der Waals surface area contributed by atoms with Gasteiger partial charge in [-0.3, -0.25) is 23.6 Å². The van der Waals surface area contributed by atoms with Gasteiger partial charge in [-0.25, -0.2) is 48.9 Å². The van der Waals surface area contributed by atoms with E-state index in [0.717, 1.165) is 107 Å². The zero-order valence-electron chi connectivity index (χ0n) is 46.6. The number of aromatic nitrogens is 25. The quantitative estimate of drug-likeness (QED) is 0.120. The molecule has 28 nitrogen and oxygen atoms in total. The van der Waals surface area contributed by atoms with Gasteiger partial charge in [-0.2, -0.15) is 20.4 Å². The Morgan fingerprint density at radius 3 is 1.81 bits per heavy atom. The molecule has 85 heavy (non-hydrogen) atoms. The second-order valence-electron chi connectivity index (χ2n) is 20.3. The Labute approximate surface area is 490 Å². The molecule has 0 aromatic carbocycles. The minimum atomic E-state index is 0.523. The van der Waals surface area contributed by atoms with Crippen LogP contribution in [0.25, 0.3) is 89.6 Å². The van der Waals surface area contributed by atoms with Crippen molar-refractivity contribution in [1.29, 1.82) is 0 Å². The summed E-state index contributed by atoms with van der Waals surface area (Å²) in [4.78, 5) is 38.1. The molecule has 0 N–H and O–H groups in total. The van der Waals surface area contributed by atoms with Gasteiger partial charge in [-0.15, -0.1) is 38.0 Å².